The molecule has 0 amide bonds. The number of carbonyl (C=O) groups excluding carboxylic acids is 2. The molecule has 0 rings (SSSR count). The number of carbonyl (C=O) groups is 2. The van der Waals surface area contributed by atoms with E-state index in [4.69, 9.17) is 9.47 Å². The summed E-state index contributed by atoms with van der Waals surface area (Å²) in [5.74, 6) is -0.716. The molecule has 0 bridgehead atoms. The minimum atomic E-state index is -0.378. The van der Waals surface area contributed by atoms with Crippen LogP contribution < -0.4 is 0 Å². The van der Waals surface area contributed by atoms with E-state index >= 15 is 0 Å². The molecule has 0 saturated heterocycles. The van der Waals surface area contributed by atoms with Gasteiger partial charge in [0.25, 0.3) is 0 Å². The van der Waals surface area contributed by atoms with Gasteiger partial charge in [0.2, 0.25) is 0 Å². The lowest BCUT2D eigenvalue weighted by molar-refractivity contribution is -0.891. The van der Waals surface area contributed by atoms with Gasteiger partial charge in [-0.3, -0.25) is 9.59 Å². The number of esters is 2. The van der Waals surface area contributed by atoms with Crippen LogP contribution in [0, 0.1) is 0 Å². The van der Waals surface area contributed by atoms with Crippen molar-refractivity contribution < 1.29 is 23.5 Å². The van der Waals surface area contributed by atoms with Gasteiger partial charge in [0.1, 0.15) is 13.2 Å². The highest BCUT2D eigenvalue weighted by Crippen LogP contribution is 2.04. The van der Waals surface area contributed by atoms with Gasteiger partial charge in [-0.25, -0.2) is 0 Å². The first-order chi connectivity index (χ1) is 7.26. The van der Waals surface area contributed by atoms with Crippen LogP contribution >= 0.6 is 0 Å². The average Bonchev–Trinajstić information content (AvgIpc) is 2.13. The molecule has 0 aliphatic carbocycles. The molecule has 0 heterocycles. The summed E-state index contributed by atoms with van der Waals surface area (Å²) in [6.45, 7) is 6.41. The summed E-state index contributed by atoms with van der Waals surface area (Å²) in [7, 11) is 4.06. The van der Waals surface area contributed by atoms with Crippen molar-refractivity contribution in [1.82, 2.24) is 0 Å². The van der Waals surface area contributed by atoms with Crippen molar-refractivity contribution in [2.45, 2.75) is 26.9 Å². The molecular weight excluding hydrogens is 210 g/mol. The Morgan fingerprint density at radius 2 is 1.75 bits per heavy atom. The van der Waals surface area contributed by atoms with Crippen LogP contribution in [0.5, 0.6) is 0 Å². The summed E-state index contributed by atoms with van der Waals surface area (Å²) in [5, 5.41) is 0. The maximum Gasteiger partial charge on any atom is 0.303 e. The normalized spacial score (nSPS) is 13.1. The van der Waals surface area contributed by atoms with Gasteiger partial charge in [-0.2, -0.15) is 0 Å². The number of nitrogens with zero attached hydrogens (tertiary/aromatic N) is 1. The van der Waals surface area contributed by atoms with Gasteiger partial charge in [-0.15, -0.1) is 0 Å². The molecule has 5 nitrogen and oxygen atoms in total. The molecule has 0 fully saturated rings. The van der Waals surface area contributed by atoms with Crippen LogP contribution in [0.1, 0.15) is 20.8 Å². The SMILES string of the molecule is CC[N+](C)(C)CC(COC(C)=O)OC(C)=O. The molecular formula is C11H22NO4+. The van der Waals surface area contributed by atoms with E-state index in [1.54, 1.807) is 0 Å². The van der Waals surface area contributed by atoms with Crippen molar-refractivity contribution >= 4 is 11.9 Å². The smallest absolute Gasteiger partial charge is 0.303 e. The van der Waals surface area contributed by atoms with Gasteiger partial charge in [0, 0.05) is 13.8 Å². The first-order valence-electron chi connectivity index (χ1n) is 5.39. The maximum atomic E-state index is 10.9. The summed E-state index contributed by atoms with van der Waals surface area (Å²) in [5.41, 5.74) is 0. The summed E-state index contributed by atoms with van der Waals surface area (Å²) in [4.78, 5) is 21.6. The second kappa shape index (κ2) is 6.48. The predicted octanol–water partition coefficient (Wildman–Crippen LogP) is 0.577. The topological polar surface area (TPSA) is 52.6 Å². The van der Waals surface area contributed by atoms with E-state index in [2.05, 4.69) is 6.92 Å². The van der Waals surface area contributed by atoms with Gasteiger partial charge in [-0.05, 0) is 6.92 Å². The summed E-state index contributed by atoms with van der Waals surface area (Å²) >= 11 is 0. The molecule has 0 radical (unpaired) electrons. The molecule has 16 heavy (non-hydrogen) atoms. The zero-order chi connectivity index (χ0) is 12.8. The third-order valence-electron chi connectivity index (χ3n) is 2.36. The fourth-order valence-corrected chi connectivity index (χ4v) is 1.25. The third-order valence-corrected chi connectivity index (χ3v) is 2.36. The number of rotatable bonds is 6. The molecule has 94 valence electrons. The van der Waals surface area contributed by atoms with Crippen molar-refractivity contribution in [3.8, 4) is 0 Å². The van der Waals surface area contributed by atoms with Crippen LogP contribution in [0.25, 0.3) is 0 Å². The molecule has 0 aromatic heterocycles. The molecule has 0 spiro atoms. The van der Waals surface area contributed by atoms with Gasteiger partial charge in [-0.1, -0.05) is 0 Å². The number of ether oxygens (including phenoxy) is 2. The first kappa shape index (κ1) is 14.9. The highest BCUT2D eigenvalue weighted by molar-refractivity contribution is 5.67. The lowest BCUT2D eigenvalue weighted by Gasteiger charge is -2.31. The molecule has 1 atom stereocenters. The minimum Gasteiger partial charge on any atom is -0.462 e. The molecule has 0 aliphatic rings. The summed E-state index contributed by atoms with van der Waals surface area (Å²) in [6, 6.07) is 0. The van der Waals surface area contributed by atoms with Crippen LogP contribution in [-0.4, -0.2) is 56.3 Å². The Bertz CT molecular complexity index is 250. The third kappa shape index (κ3) is 7.23. The van der Waals surface area contributed by atoms with Crippen molar-refractivity contribution in [2.75, 3.05) is 33.8 Å². The quantitative estimate of drug-likeness (QED) is 0.496. The van der Waals surface area contributed by atoms with Gasteiger partial charge in [0.15, 0.2) is 6.10 Å². The number of likely N-dealkylation sites (N-methyl/N-ethyl adjacent to an activating group) is 1. The zero-order valence-electron chi connectivity index (χ0n) is 10.8. The monoisotopic (exact) mass is 232 g/mol. The van der Waals surface area contributed by atoms with E-state index in [1.807, 2.05) is 14.1 Å². The summed E-state index contributed by atoms with van der Waals surface area (Å²) < 4.78 is 10.7. The van der Waals surface area contributed by atoms with Gasteiger partial charge < -0.3 is 14.0 Å². The molecule has 0 N–H and O–H groups in total. The van der Waals surface area contributed by atoms with E-state index in [9.17, 15) is 9.59 Å². The van der Waals surface area contributed by atoms with E-state index < -0.39 is 0 Å². The zero-order valence-corrected chi connectivity index (χ0v) is 10.8. The minimum absolute atomic E-state index is 0.122. The van der Waals surface area contributed by atoms with E-state index in [0.29, 0.717) is 11.0 Å². The van der Waals surface area contributed by atoms with Crippen LogP contribution in [0.15, 0.2) is 0 Å². The Labute approximate surface area is 96.9 Å². The fourth-order valence-electron chi connectivity index (χ4n) is 1.25. The van der Waals surface area contributed by atoms with Crippen LogP contribution in [0.2, 0.25) is 0 Å². The molecule has 0 aliphatic heterocycles. The Morgan fingerprint density at radius 1 is 1.19 bits per heavy atom. The second-order valence-corrected chi connectivity index (χ2v) is 4.47. The molecule has 0 saturated carbocycles. The standard InChI is InChI=1S/C11H22NO4/c1-6-12(4,5)7-11(16-10(3)14)8-15-9(2)13/h11H,6-8H2,1-5H3/q+1. The van der Waals surface area contributed by atoms with Gasteiger partial charge in [0.05, 0.1) is 20.6 Å². The van der Waals surface area contributed by atoms with E-state index in [0.717, 1.165) is 6.54 Å². The van der Waals surface area contributed by atoms with Crippen molar-refractivity contribution in [3.63, 3.8) is 0 Å². The Hall–Kier alpha value is -1.10. The highest BCUT2D eigenvalue weighted by atomic mass is 16.6. The number of hydrogen-bond donors (Lipinski definition) is 0. The molecule has 1 unspecified atom stereocenters. The molecule has 0 aromatic rings. The Balaban J connectivity index is 4.30. The fraction of sp³-hybridized carbons (Fsp3) is 0.818. The number of hydrogen-bond acceptors (Lipinski definition) is 4. The second-order valence-electron chi connectivity index (χ2n) is 4.47. The Morgan fingerprint density at radius 3 is 2.12 bits per heavy atom. The molecule has 0 aromatic carbocycles. The van der Waals surface area contributed by atoms with E-state index in [1.165, 1.54) is 13.8 Å². The van der Waals surface area contributed by atoms with Crippen molar-refractivity contribution in [2.24, 2.45) is 0 Å². The maximum absolute atomic E-state index is 10.9. The van der Waals surface area contributed by atoms with Crippen LogP contribution in [-0.2, 0) is 19.1 Å². The largest absolute Gasteiger partial charge is 0.462 e. The van der Waals surface area contributed by atoms with Crippen molar-refractivity contribution in [3.05, 3.63) is 0 Å². The highest BCUT2D eigenvalue weighted by Gasteiger charge is 2.23. The lowest BCUT2D eigenvalue weighted by atomic mass is 10.3. The Kier molecular flexibility index (Phi) is 6.03. The van der Waals surface area contributed by atoms with Crippen LogP contribution in [0.3, 0.4) is 0 Å². The summed E-state index contributed by atoms with van der Waals surface area (Å²) in [6.07, 6.45) is -0.378. The average molecular weight is 232 g/mol. The van der Waals surface area contributed by atoms with Gasteiger partial charge >= 0.3 is 11.9 Å². The van der Waals surface area contributed by atoms with Crippen LogP contribution in [0.4, 0.5) is 0 Å². The number of quaternary nitrogens is 1. The van der Waals surface area contributed by atoms with Crippen molar-refractivity contribution in [1.29, 1.82) is 0 Å². The van der Waals surface area contributed by atoms with E-state index in [-0.39, 0.29) is 24.6 Å². The predicted molar refractivity (Wildman–Crippen MR) is 59.7 cm³/mol. The molecule has 5 heteroatoms. The lowest BCUT2D eigenvalue weighted by Crippen LogP contribution is -2.47. The first-order valence-corrected chi connectivity index (χ1v) is 5.39.